The maximum atomic E-state index is 12.4. The minimum atomic E-state index is -4.28. The van der Waals surface area contributed by atoms with Crippen LogP contribution in [-0.2, 0) is 4.79 Å². The Morgan fingerprint density at radius 2 is 2.11 bits per heavy atom. The molecule has 0 fully saturated rings. The van der Waals surface area contributed by atoms with E-state index in [0.29, 0.717) is 11.5 Å². The van der Waals surface area contributed by atoms with Crippen LogP contribution in [0, 0.1) is 0 Å². The van der Waals surface area contributed by atoms with Crippen molar-refractivity contribution in [2.45, 2.75) is 32.0 Å². The maximum Gasteiger partial charge on any atom is 0.390 e. The van der Waals surface area contributed by atoms with Crippen molar-refractivity contribution in [3.63, 3.8) is 0 Å². The lowest BCUT2D eigenvalue weighted by Gasteiger charge is -2.42. The highest BCUT2D eigenvalue weighted by atomic mass is 19.4. The van der Waals surface area contributed by atoms with Gasteiger partial charge in [-0.2, -0.15) is 13.2 Å². The average molecular weight is 274 g/mol. The van der Waals surface area contributed by atoms with Crippen LogP contribution in [0.3, 0.4) is 0 Å². The molecule has 0 aliphatic carbocycles. The fourth-order valence-corrected chi connectivity index (χ4v) is 1.91. The second-order valence-electron chi connectivity index (χ2n) is 4.79. The lowest BCUT2D eigenvalue weighted by molar-refractivity contribution is -0.134. The van der Waals surface area contributed by atoms with Crippen LogP contribution in [0.5, 0.6) is 0 Å². The van der Waals surface area contributed by atoms with Crippen molar-refractivity contribution in [2.24, 2.45) is 0 Å². The van der Waals surface area contributed by atoms with E-state index in [0.717, 1.165) is 0 Å². The summed E-state index contributed by atoms with van der Waals surface area (Å²) in [4.78, 5) is 21.0. The van der Waals surface area contributed by atoms with Crippen LogP contribution in [0.25, 0.3) is 0 Å². The molecule has 0 bridgehead atoms. The zero-order chi connectivity index (χ0) is 14.3. The van der Waals surface area contributed by atoms with Gasteiger partial charge in [-0.1, -0.05) is 0 Å². The fourth-order valence-electron chi connectivity index (χ4n) is 1.91. The number of carbonyl (C=O) groups excluding carboxylic acids is 1. The predicted molar refractivity (Wildman–Crippen MR) is 62.8 cm³/mol. The van der Waals surface area contributed by atoms with Crippen LogP contribution >= 0.6 is 0 Å². The smallest absolute Gasteiger partial charge is 0.340 e. The zero-order valence-electron chi connectivity index (χ0n) is 10.5. The molecule has 104 valence electrons. The van der Waals surface area contributed by atoms with Gasteiger partial charge in [-0.15, -0.1) is 0 Å². The highest BCUT2D eigenvalue weighted by Crippen LogP contribution is 2.35. The molecule has 0 atom stereocenters. The molecule has 5 nitrogen and oxygen atoms in total. The van der Waals surface area contributed by atoms with Crippen LogP contribution in [0.4, 0.5) is 24.7 Å². The summed E-state index contributed by atoms with van der Waals surface area (Å²) in [5.74, 6) is -0.0687. The number of nitrogens with one attached hydrogen (secondary N) is 1. The van der Waals surface area contributed by atoms with Gasteiger partial charge >= 0.3 is 6.18 Å². The number of fused-ring (bicyclic) bond motifs is 1. The number of halogens is 3. The van der Waals surface area contributed by atoms with Gasteiger partial charge in [0, 0.05) is 6.54 Å². The van der Waals surface area contributed by atoms with Crippen LogP contribution in [0.1, 0.15) is 20.3 Å². The number of hydrogen-bond donors (Lipinski definition) is 1. The molecule has 1 aliphatic heterocycles. The second-order valence-corrected chi connectivity index (χ2v) is 4.79. The van der Waals surface area contributed by atoms with E-state index in [9.17, 15) is 18.0 Å². The van der Waals surface area contributed by atoms with Gasteiger partial charge in [0.2, 0.25) is 5.91 Å². The molecular weight excluding hydrogens is 261 g/mol. The van der Waals surface area contributed by atoms with Gasteiger partial charge in [0.1, 0.15) is 17.6 Å². The Balaban J connectivity index is 2.34. The SMILES string of the molecule is CC1(C)C(=O)Nc2cncnc2N1CCC(F)(F)F. The molecule has 0 saturated heterocycles. The van der Waals surface area contributed by atoms with Crippen LogP contribution in [-0.4, -0.2) is 34.1 Å². The van der Waals surface area contributed by atoms with E-state index in [2.05, 4.69) is 15.3 Å². The summed E-state index contributed by atoms with van der Waals surface area (Å²) in [6, 6.07) is 0. The van der Waals surface area contributed by atoms with E-state index in [-0.39, 0.29) is 12.5 Å². The summed E-state index contributed by atoms with van der Waals surface area (Å²) in [5.41, 5.74) is -0.763. The summed E-state index contributed by atoms with van der Waals surface area (Å²) in [5, 5.41) is 2.59. The Bertz CT molecular complexity index is 501. The minimum Gasteiger partial charge on any atom is -0.340 e. The number of hydrogen-bond acceptors (Lipinski definition) is 4. The molecule has 1 aromatic rings. The highest BCUT2D eigenvalue weighted by molar-refractivity contribution is 6.05. The summed E-state index contributed by atoms with van der Waals surface area (Å²) >= 11 is 0. The monoisotopic (exact) mass is 274 g/mol. The third-order valence-electron chi connectivity index (χ3n) is 3.04. The molecule has 0 spiro atoms. The molecule has 1 N–H and O–H groups in total. The van der Waals surface area contributed by atoms with E-state index in [1.807, 2.05) is 0 Å². The summed E-state index contributed by atoms with van der Waals surface area (Å²) < 4.78 is 37.1. The Morgan fingerprint density at radius 3 is 2.74 bits per heavy atom. The molecule has 0 aromatic carbocycles. The average Bonchev–Trinajstić information content (AvgIpc) is 2.28. The second kappa shape index (κ2) is 4.36. The van der Waals surface area contributed by atoms with Gasteiger partial charge < -0.3 is 10.2 Å². The molecular formula is C11H13F3N4O. The largest absolute Gasteiger partial charge is 0.390 e. The fraction of sp³-hybridized carbons (Fsp3) is 0.545. The van der Waals surface area contributed by atoms with Crippen molar-refractivity contribution in [2.75, 3.05) is 16.8 Å². The Labute approximate surface area is 107 Å². The molecule has 19 heavy (non-hydrogen) atoms. The first-order valence-corrected chi connectivity index (χ1v) is 5.67. The number of carbonyl (C=O) groups is 1. The van der Waals surface area contributed by atoms with Crippen molar-refractivity contribution in [1.82, 2.24) is 9.97 Å². The third-order valence-corrected chi connectivity index (χ3v) is 3.04. The van der Waals surface area contributed by atoms with Crippen molar-refractivity contribution in [3.05, 3.63) is 12.5 Å². The van der Waals surface area contributed by atoms with E-state index in [1.54, 1.807) is 13.8 Å². The summed E-state index contributed by atoms with van der Waals surface area (Å²) in [6.45, 7) is 2.79. The first-order valence-electron chi connectivity index (χ1n) is 5.67. The normalized spacial score (nSPS) is 17.9. The highest BCUT2D eigenvalue weighted by Gasteiger charge is 2.42. The Kier molecular flexibility index (Phi) is 3.11. The van der Waals surface area contributed by atoms with Crippen molar-refractivity contribution in [1.29, 1.82) is 0 Å². The van der Waals surface area contributed by atoms with Crippen molar-refractivity contribution >= 4 is 17.4 Å². The minimum absolute atomic E-state index is 0.309. The van der Waals surface area contributed by atoms with Crippen LogP contribution < -0.4 is 10.2 Å². The van der Waals surface area contributed by atoms with Gasteiger partial charge in [-0.05, 0) is 13.8 Å². The lowest BCUT2D eigenvalue weighted by atomic mass is 9.98. The molecule has 0 radical (unpaired) electrons. The first-order chi connectivity index (χ1) is 8.72. The topological polar surface area (TPSA) is 58.1 Å². The number of rotatable bonds is 2. The van der Waals surface area contributed by atoms with E-state index in [1.165, 1.54) is 17.4 Å². The quantitative estimate of drug-likeness (QED) is 0.895. The number of alkyl halides is 3. The molecule has 8 heteroatoms. The van der Waals surface area contributed by atoms with Crippen molar-refractivity contribution in [3.8, 4) is 0 Å². The van der Waals surface area contributed by atoms with E-state index < -0.39 is 18.1 Å². The Hall–Kier alpha value is -1.86. The molecule has 1 aliphatic rings. The third kappa shape index (κ3) is 2.61. The molecule has 0 saturated carbocycles. The van der Waals surface area contributed by atoms with Crippen LogP contribution in [0.2, 0.25) is 0 Å². The van der Waals surface area contributed by atoms with Gasteiger partial charge in [-0.3, -0.25) is 4.79 Å². The lowest BCUT2D eigenvalue weighted by Crippen LogP contribution is -2.57. The standard InChI is InChI=1S/C11H13F3N4O/c1-10(2)9(19)17-7-5-15-6-16-8(7)18(10)4-3-11(12,13)14/h5-6H,3-4H2,1-2H3,(H,17,19). The number of anilines is 2. The van der Waals surface area contributed by atoms with E-state index in [4.69, 9.17) is 0 Å². The summed E-state index contributed by atoms with van der Waals surface area (Å²) in [7, 11) is 0. The molecule has 0 unspecified atom stereocenters. The van der Waals surface area contributed by atoms with Crippen LogP contribution in [0.15, 0.2) is 12.5 Å². The predicted octanol–water partition coefficient (Wildman–Crippen LogP) is 1.97. The molecule has 2 rings (SSSR count). The molecule has 1 aromatic heterocycles. The van der Waals surface area contributed by atoms with Crippen molar-refractivity contribution < 1.29 is 18.0 Å². The van der Waals surface area contributed by atoms with E-state index >= 15 is 0 Å². The van der Waals surface area contributed by atoms with Gasteiger partial charge in [0.25, 0.3) is 0 Å². The Morgan fingerprint density at radius 1 is 1.42 bits per heavy atom. The number of aromatic nitrogens is 2. The zero-order valence-corrected chi connectivity index (χ0v) is 10.5. The van der Waals surface area contributed by atoms with Gasteiger partial charge in [0.05, 0.1) is 12.6 Å². The maximum absolute atomic E-state index is 12.4. The molecule has 2 heterocycles. The first kappa shape index (κ1) is 13.6. The van der Waals surface area contributed by atoms with Gasteiger partial charge in [0.15, 0.2) is 5.82 Å². The molecule has 1 amide bonds. The number of amides is 1. The summed E-state index contributed by atoms with van der Waals surface area (Å²) in [6.07, 6.45) is -2.67. The van der Waals surface area contributed by atoms with Gasteiger partial charge in [-0.25, -0.2) is 9.97 Å². The number of nitrogens with zero attached hydrogens (tertiary/aromatic N) is 3.